The van der Waals surface area contributed by atoms with Crippen molar-refractivity contribution in [1.82, 2.24) is 24.5 Å². The summed E-state index contributed by atoms with van der Waals surface area (Å²) in [7, 11) is 1.95. The summed E-state index contributed by atoms with van der Waals surface area (Å²) in [4.78, 5) is 0. The first-order chi connectivity index (χ1) is 15.7. The molecule has 0 bridgehead atoms. The Bertz CT molecular complexity index is 1440. The Morgan fingerprint density at radius 3 is 2.72 bits per heavy atom. The minimum absolute atomic E-state index is 0.147. The molecule has 0 aliphatic carbocycles. The third-order valence-corrected chi connectivity index (χ3v) is 6.35. The number of nitrogens with one attached hydrogen (secondary N) is 1. The molecule has 2 aromatic heterocycles. The van der Waals surface area contributed by atoms with E-state index in [0.29, 0.717) is 0 Å². The van der Waals surface area contributed by atoms with Crippen LogP contribution in [0.1, 0.15) is 29.7 Å². The van der Waals surface area contributed by atoms with Crippen LogP contribution in [0.25, 0.3) is 27.6 Å². The van der Waals surface area contributed by atoms with Crippen molar-refractivity contribution in [2.75, 3.05) is 5.32 Å². The summed E-state index contributed by atoms with van der Waals surface area (Å²) in [6.07, 6.45) is 5.77. The summed E-state index contributed by atoms with van der Waals surface area (Å²) in [5.41, 5.74) is 5.83. The van der Waals surface area contributed by atoms with Gasteiger partial charge in [-0.05, 0) is 48.1 Å². The van der Waals surface area contributed by atoms with E-state index in [1.165, 1.54) is 16.3 Å². The first-order valence-electron chi connectivity index (χ1n) is 11.0. The first kappa shape index (κ1) is 18.8. The molecule has 1 aliphatic heterocycles. The topological polar surface area (TPSA) is 60.6 Å². The van der Waals surface area contributed by atoms with Gasteiger partial charge in [-0.1, -0.05) is 42.5 Å². The van der Waals surface area contributed by atoms with Crippen LogP contribution in [0.4, 0.5) is 5.69 Å². The summed E-state index contributed by atoms with van der Waals surface area (Å²) < 4.78 is 4.04. The number of anilines is 1. The van der Waals surface area contributed by atoms with Crippen molar-refractivity contribution in [2.24, 2.45) is 7.05 Å². The molecule has 158 valence electrons. The maximum atomic E-state index is 4.46. The molecule has 3 heterocycles. The van der Waals surface area contributed by atoms with Gasteiger partial charge in [-0.3, -0.25) is 9.25 Å². The maximum Gasteiger partial charge on any atom is 0.137 e. The van der Waals surface area contributed by atoms with E-state index in [1.54, 1.807) is 0 Å². The largest absolute Gasteiger partial charge is 0.378 e. The Balaban J connectivity index is 1.50. The van der Waals surface area contributed by atoms with Gasteiger partial charge in [0.2, 0.25) is 0 Å². The molecule has 1 N–H and O–H groups in total. The van der Waals surface area contributed by atoms with E-state index in [4.69, 9.17) is 0 Å². The molecular weight excluding hydrogens is 396 g/mol. The van der Waals surface area contributed by atoms with E-state index in [1.807, 2.05) is 24.9 Å². The predicted octanol–water partition coefficient (Wildman–Crippen LogP) is 5.23. The van der Waals surface area contributed by atoms with Crippen molar-refractivity contribution in [3.05, 3.63) is 90.3 Å². The van der Waals surface area contributed by atoms with Crippen LogP contribution < -0.4 is 5.32 Å². The molecule has 32 heavy (non-hydrogen) atoms. The Labute approximate surface area is 186 Å². The molecule has 1 aliphatic rings. The van der Waals surface area contributed by atoms with Crippen LogP contribution in [0.2, 0.25) is 0 Å². The van der Waals surface area contributed by atoms with Crippen LogP contribution in [0, 0.1) is 6.92 Å². The zero-order chi connectivity index (χ0) is 21.7. The highest BCUT2D eigenvalue weighted by atomic mass is 15.3. The van der Waals surface area contributed by atoms with Crippen LogP contribution in [-0.2, 0) is 13.5 Å². The number of nitrogens with zero attached hydrogens (tertiary/aromatic N) is 5. The predicted molar refractivity (Wildman–Crippen MR) is 127 cm³/mol. The number of aromatic nitrogens is 5. The molecule has 0 fully saturated rings. The van der Waals surface area contributed by atoms with Gasteiger partial charge in [-0.15, -0.1) is 10.2 Å². The Hall–Kier alpha value is -3.93. The lowest BCUT2D eigenvalue weighted by molar-refractivity contribution is 0.686. The lowest BCUT2D eigenvalue weighted by Crippen LogP contribution is -2.13. The molecule has 0 amide bonds. The second-order valence-electron chi connectivity index (χ2n) is 8.44. The van der Waals surface area contributed by atoms with Crippen molar-refractivity contribution in [2.45, 2.75) is 25.8 Å². The van der Waals surface area contributed by atoms with Gasteiger partial charge >= 0.3 is 0 Å². The fourth-order valence-corrected chi connectivity index (χ4v) is 4.79. The van der Waals surface area contributed by atoms with E-state index in [-0.39, 0.29) is 6.04 Å². The molecule has 6 nitrogen and oxygen atoms in total. The second-order valence-corrected chi connectivity index (χ2v) is 8.44. The van der Waals surface area contributed by atoms with E-state index < -0.39 is 0 Å². The van der Waals surface area contributed by atoms with Crippen molar-refractivity contribution in [1.29, 1.82) is 0 Å². The lowest BCUT2D eigenvalue weighted by atomic mass is 9.96. The van der Waals surface area contributed by atoms with Gasteiger partial charge in [0.15, 0.2) is 0 Å². The first-order valence-corrected chi connectivity index (χ1v) is 11.0. The molecule has 1 atom stereocenters. The highest BCUT2D eigenvalue weighted by Crippen LogP contribution is 2.37. The molecule has 0 radical (unpaired) electrons. The van der Waals surface area contributed by atoms with Gasteiger partial charge in [0.05, 0.1) is 17.9 Å². The Kier molecular flexibility index (Phi) is 4.31. The molecule has 0 saturated heterocycles. The number of hydrogen-bond donors (Lipinski definition) is 1. The Morgan fingerprint density at radius 1 is 0.969 bits per heavy atom. The number of rotatable bonds is 3. The number of aryl methyl sites for hydroxylation is 3. The van der Waals surface area contributed by atoms with Gasteiger partial charge in [0.25, 0.3) is 0 Å². The quantitative estimate of drug-likeness (QED) is 0.434. The van der Waals surface area contributed by atoms with Crippen LogP contribution in [0.5, 0.6) is 0 Å². The summed E-state index contributed by atoms with van der Waals surface area (Å²) >= 11 is 0. The molecule has 5 aromatic rings. The average Bonchev–Trinajstić information content (AvgIpc) is 3.37. The average molecular weight is 421 g/mol. The zero-order valence-corrected chi connectivity index (χ0v) is 18.2. The molecule has 6 heteroatoms. The third-order valence-electron chi connectivity index (χ3n) is 6.35. The number of hydrogen-bond acceptors (Lipinski definition) is 4. The summed E-state index contributed by atoms with van der Waals surface area (Å²) in [5, 5.41) is 19.5. The summed E-state index contributed by atoms with van der Waals surface area (Å²) in [6.45, 7) is 2.02. The smallest absolute Gasteiger partial charge is 0.137 e. The third kappa shape index (κ3) is 3.07. The monoisotopic (exact) mass is 420 g/mol. The van der Waals surface area contributed by atoms with Crippen molar-refractivity contribution in [3.8, 4) is 16.8 Å². The van der Waals surface area contributed by atoms with Gasteiger partial charge < -0.3 is 5.32 Å². The van der Waals surface area contributed by atoms with E-state index in [2.05, 4.69) is 92.0 Å². The fraction of sp³-hybridized carbons (Fsp3) is 0.192. The zero-order valence-electron chi connectivity index (χ0n) is 18.2. The normalized spacial score (nSPS) is 15.2. The van der Waals surface area contributed by atoms with Gasteiger partial charge in [-0.2, -0.15) is 5.10 Å². The number of fused-ring (bicyclic) bond motifs is 4. The van der Waals surface area contributed by atoms with Gasteiger partial charge in [0.1, 0.15) is 11.6 Å². The minimum atomic E-state index is 0.147. The van der Waals surface area contributed by atoms with Crippen molar-refractivity contribution in [3.63, 3.8) is 0 Å². The fourth-order valence-electron chi connectivity index (χ4n) is 4.79. The second kappa shape index (κ2) is 7.34. The van der Waals surface area contributed by atoms with Crippen LogP contribution in [0.15, 0.2) is 73.1 Å². The highest BCUT2D eigenvalue weighted by Gasteiger charge is 2.25. The standard InChI is InChI=1S/C26H24N6/c1-17-29-30-26-13-11-24(28-23-9-5-7-18-6-3-4-8-21(18)23)22-14-19(10-12-25(22)32(17)26)20-15-27-31(2)16-20/h3-10,12,14-16,24,28H,11,13H2,1-2H3. The lowest BCUT2D eigenvalue weighted by Gasteiger charge is -2.22. The summed E-state index contributed by atoms with van der Waals surface area (Å²) in [5.74, 6) is 1.93. The number of benzene rings is 3. The minimum Gasteiger partial charge on any atom is -0.378 e. The summed E-state index contributed by atoms with van der Waals surface area (Å²) in [6, 6.07) is 21.8. The van der Waals surface area contributed by atoms with Crippen molar-refractivity contribution < 1.29 is 0 Å². The molecule has 0 spiro atoms. The van der Waals surface area contributed by atoms with E-state index >= 15 is 0 Å². The Morgan fingerprint density at radius 2 is 1.84 bits per heavy atom. The van der Waals surface area contributed by atoms with Crippen LogP contribution >= 0.6 is 0 Å². The molecular formula is C26H24N6. The van der Waals surface area contributed by atoms with Gasteiger partial charge in [-0.25, -0.2) is 0 Å². The molecule has 6 rings (SSSR count). The van der Waals surface area contributed by atoms with Crippen LogP contribution in [0.3, 0.4) is 0 Å². The van der Waals surface area contributed by atoms with Crippen molar-refractivity contribution >= 4 is 16.5 Å². The SMILES string of the molecule is Cc1nnc2n1-c1ccc(-c3cnn(C)c3)cc1C(Nc1cccc3ccccc13)CC2. The maximum absolute atomic E-state index is 4.46. The molecule has 1 unspecified atom stereocenters. The van der Waals surface area contributed by atoms with E-state index in [0.717, 1.165) is 47.0 Å². The van der Waals surface area contributed by atoms with Crippen LogP contribution in [-0.4, -0.2) is 24.5 Å². The molecule has 3 aromatic carbocycles. The van der Waals surface area contributed by atoms with E-state index in [9.17, 15) is 0 Å². The highest BCUT2D eigenvalue weighted by molar-refractivity contribution is 5.94. The van der Waals surface area contributed by atoms with Gasteiger partial charge in [0, 0.05) is 36.3 Å². The molecule has 0 saturated carbocycles.